The summed E-state index contributed by atoms with van der Waals surface area (Å²) >= 11 is 0. The molecule has 0 N–H and O–H groups in total. The number of rotatable bonds is 3. The second kappa shape index (κ2) is 6.13. The molecule has 4 rings (SSSR count). The van der Waals surface area contributed by atoms with Crippen LogP contribution >= 0.6 is 0 Å². The number of aromatic nitrogens is 2. The summed E-state index contributed by atoms with van der Waals surface area (Å²) < 4.78 is 21.8. The van der Waals surface area contributed by atoms with Crippen LogP contribution in [0.3, 0.4) is 0 Å². The zero-order valence-corrected chi connectivity index (χ0v) is 15.1. The molecule has 1 atom stereocenters. The maximum atomic E-state index is 13.8. The lowest BCUT2D eigenvalue weighted by Crippen LogP contribution is -2.27. The van der Waals surface area contributed by atoms with Crippen LogP contribution in [0.15, 0.2) is 61.2 Å². The van der Waals surface area contributed by atoms with E-state index in [1.807, 2.05) is 42.8 Å². The predicted octanol–water partition coefficient (Wildman–Crippen LogP) is 5.15. The van der Waals surface area contributed by atoms with Crippen molar-refractivity contribution in [2.24, 2.45) is 0 Å². The smallest absolute Gasteiger partial charge is 0.127 e. The Bertz CT molecular complexity index is 974. The van der Waals surface area contributed by atoms with Gasteiger partial charge in [-0.1, -0.05) is 24.3 Å². The first-order valence-corrected chi connectivity index (χ1v) is 8.69. The standard InChI is InChI=1S/C22H21FN2O/c1-15-12-17(4-6-19(15)23)21(25-11-10-24-14-25)18-5-7-20-16(13-18)8-9-22(2,3)26-20/h4-14,21H,1-3H3. The zero-order chi connectivity index (χ0) is 18.3. The van der Waals surface area contributed by atoms with Crippen LogP contribution in [-0.2, 0) is 0 Å². The minimum atomic E-state index is -0.299. The Labute approximate surface area is 152 Å². The lowest BCUT2D eigenvalue weighted by molar-refractivity contribution is 0.159. The van der Waals surface area contributed by atoms with E-state index in [1.54, 1.807) is 19.4 Å². The van der Waals surface area contributed by atoms with Gasteiger partial charge in [-0.3, -0.25) is 0 Å². The summed E-state index contributed by atoms with van der Waals surface area (Å²) in [5.74, 6) is 0.683. The summed E-state index contributed by atoms with van der Waals surface area (Å²) in [6.45, 7) is 5.86. The molecule has 2 heterocycles. The van der Waals surface area contributed by atoms with Crippen molar-refractivity contribution >= 4 is 6.08 Å². The molecule has 0 bridgehead atoms. The van der Waals surface area contributed by atoms with Crippen LogP contribution in [0.4, 0.5) is 4.39 Å². The maximum Gasteiger partial charge on any atom is 0.127 e. The van der Waals surface area contributed by atoms with Crippen LogP contribution in [-0.4, -0.2) is 15.2 Å². The molecule has 0 saturated carbocycles. The Morgan fingerprint density at radius 3 is 2.62 bits per heavy atom. The minimum Gasteiger partial charge on any atom is -0.483 e. The van der Waals surface area contributed by atoms with Crippen LogP contribution in [0.2, 0.25) is 0 Å². The number of fused-ring (bicyclic) bond motifs is 1. The third-order valence-corrected chi connectivity index (χ3v) is 4.71. The Morgan fingerprint density at radius 1 is 1.12 bits per heavy atom. The van der Waals surface area contributed by atoms with E-state index in [9.17, 15) is 4.39 Å². The number of halogens is 1. The topological polar surface area (TPSA) is 27.1 Å². The van der Waals surface area contributed by atoms with Crippen molar-refractivity contribution in [1.82, 2.24) is 9.55 Å². The van der Waals surface area contributed by atoms with Crippen LogP contribution in [0, 0.1) is 12.7 Å². The summed E-state index contributed by atoms with van der Waals surface area (Å²) in [7, 11) is 0. The first kappa shape index (κ1) is 16.6. The number of nitrogens with zero attached hydrogens (tertiary/aromatic N) is 2. The van der Waals surface area contributed by atoms with Gasteiger partial charge in [0.05, 0.1) is 12.4 Å². The fourth-order valence-corrected chi connectivity index (χ4v) is 3.36. The number of benzene rings is 2. The van der Waals surface area contributed by atoms with Gasteiger partial charge in [0.2, 0.25) is 0 Å². The van der Waals surface area contributed by atoms with Crippen molar-refractivity contribution < 1.29 is 9.13 Å². The highest BCUT2D eigenvalue weighted by atomic mass is 19.1. The Hall–Kier alpha value is -2.88. The summed E-state index contributed by atoms with van der Waals surface area (Å²) in [5, 5.41) is 0. The van der Waals surface area contributed by atoms with E-state index in [4.69, 9.17) is 4.74 Å². The van der Waals surface area contributed by atoms with E-state index >= 15 is 0 Å². The molecule has 0 saturated heterocycles. The van der Waals surface area contributed by atoms with E-state index < -0.39 is 0 Å². The fourth-order valence-electron chi connectivity index (χ4n) is 3.36. The number of aryl methyl sites for hydroxylation is 1. The molecule has 0 radical (unpaired) electrons. The number of imidazole rings is 1. The largest absolute Gasteiger partial charge is 0.483 e. The van der Waals surface area contributed by atoms with Crippen LogP contribution in [0.5, 0.6) is 5.75 Å². The first-order chi connectivity index (χ1) is 12.4. The Balaban J connectivity index is 1.82. The molecule has 1 aromatic heterocycles. The van der Waals surface area contributed by atoms with Crippen LogP contribution < -0.4 is 4.74 Å². The van der Waals surface area contributed by atoms with Crippen molar-refractivity contribution in [3.05, 3.63) is 89.3 Å². The van der Waals surface area contributed by atoms with Gasteiger partial charge in [-0.2, -0.15) is 0 Å². The average Bonchev–Trinajstić information content (AvgIpc) is 3.12. The highest BCUT2D eigenvalue weighted by Crippen LogP contribution is 2.35. The minimum absolute atomic E-state index is 0.0783. The summed E-state index contributed by atoms with van der Waals surface area (Å²) in [5.41, 5.74) is 3.50. The summed E-state index contributed by atoms with van der Waals surface area (Å²) in [6, 6.07) is 11.4. The molecule has 26 heavy (non-hydrogen) atoms. The molecule has 3 aromatic rings. The predicted molar refractivity (Wildman–Crippen MR) is 101 cm³/mol. The lowest BCUT2D eigenvalue weighted by atomic mass is 9.93. The third kappa shape index (κ3) is 3.03. The Kier molecular flexibility index (Phi) is 3.91. The van der Waals surface area contributed by atoms with Gasteiger partial charge in [-0.25, -0.2) is 9.37 Å². The molecule has 3 nitrogen and oxygen atoms in total. The van der Waals surface area contributed by atoms with E-state index in [1.165, 1.54) is 6.07 Å². The second-order valence-corrected chi connectivity index (χ2v) is 7.26. The molecule has 1 unspecified atom stereocenters. The highest BCUT2D eigenvalue weighted by molar-refractivity contribution is 5.62. The van der Waals surface area contributed by atoms with Crippen molar-refractivity contribution in [1.29, 1.82) is 0 Å². The molecule has 0 aliphatic carbocycles. The molecule has 0 spiro atoms. The molecular weight excluding hydrogens is 327 g/mol. The summed E-state index contributed by atoms with van der Waals surface area (Å²) in [6.07, 6.45) is 9.64. The lowest BCUT2D eigenvalue weighted by Gasteiger charge is -2.29. The van der Waals surface area contributed by atoms with Crippen molar-refractivity contribution in [2.75, 3.05) is 0 Å². The van der Waals surface area contributed by atoms with Gasteiger partial charge in [-0.15, -0.1) is 0 Å². The van der Waals surface area contributed by atoms with Crippen LogP contribution in [0.1, 0.15) is 42.1 Å². The quantitative estimate of drug-likeness (QED) is 0.654. The first-order valence-electron chi connectivity index (χ1n) is 8.69. The molecule has 132 valence electrons. The molecule has 2 aromatic carbocycles. The van der Waals surface area contributed by atoms with Gasteiger partial charge >= 0.3 is 0 Å². The number of hydrogen-bond acceptors (Lipinski definition) is 2. The number of ether oxygens (including phenoxy) is 1. The van der Waals surface area contributed by atoms with Gasteiger partial charge in [0.25, 0.3) is 0 Å². The highest BCUT2D eigenvalue weighted by Gasteiger charge is 2.23. The van der Waals surface area contributed by atoms with Gasteiger partial charge < -0.3 is 9.30 Å². The fraction of sp³-hybridized carbons (Fsp3) is 0.227. The van der Waals surface area contributed by atoms with E-state index in [2.05, 4.69) is 29.3 Å². The van der Waals surface area contributed by atoms with E-state index in [0.717, 1.165) is 22.4 Å². The molecule has 1 aliphatic rings. The summed E-state index contributed by atoms with van der Waals surface area (Å²) in [4.78, 5) is 4.19. The van der Waals surface area contributed by atoms with Gasteiger partial charge in [-0.05, 0) is 61.7 Å². The second-order valence-electron chi connectivity index (χ2n) is 7.26. The Morgan fingerprint density at radius 2 is 1.88 bits per heavy atom. The van der Waals surface area contributed by atoms with Crippen molar-refractivity contribution in [2.45, 2.75) is 32.4 Å². The van der Waals surface area contributed by atoms with Crippen molar-refractivity contribution in [3.63, 3.8) is 0 Å². The van der Waals surface area contributed by atoms with Gasteiger partial charge in [0.15, 0.2) is 0 Å². The van der Waals surface area contributed by atoms with Crippen molar-refractivity contribution in [3.8, 4) is 5.75 Å². The molecule has 0 fully saturated rings. The van der Waals surface area contributed by atoms with E-state index in [0.29, 0.717) is 5.56 Å². The monoisotopic (exact) mass is 348 g/mol. The molecule has 1 aliphatic heterocycles. The van der Waals surface area contributed by atoms with Gasteiger partial charge in [0, 0.05) is 18.0 Å². The van der Waals surface area contributed by atoms with Gasteiger partial charge in [0.1, 0.15) is 17.2 Å². The van der Waals surface area contributed by atoms with E-state index in [-0.39, 0.29) is 17.5 Å². The normalized spacial score (nSPS) is 16.0. The molecule has 0 amide bonds. The SMILES string of the molecule is Cc1cc(C(c2ccc3c(c2)C=CC(C)(C)O3)n2ccnc2)ccc1F. The maximum absolute atomic E-state index is 13.8. The number of hydrogen-bond donors (Lipinski definition) is 0. The zero-order valence-electron chi connectivity index (χ0n) is 15.1. The third-order valence-electron chi connectivity index (χ3n) is 4.71. The molecule has 4 heteroatoms. The average molecular weight is 348 g/mol. The van der Waals surface area contributed by atoms with Crippen LogP contribution in [0.25, 0.3) is 6.08 Å². The molecular formula is C22H21FN2O.